The third kappa shape index (κ3) is 4.80. The van der Waals surface area contributed by atoms with Crippen molar-refractivity contribution in [3.05, 3.63) is 77.9 Å². The minimum atomic E-state index is -0.336. The number of hydrogen-bond acceptors (Lipinski definition) is 3. The molecule has 0 spiro atoms. The van der Waals surface area contributed by atoms with Crippen molar-refractivity contribution < 1.29 is 9.53 Å². The minimum absolute atomic E-state index is 0.336. The van der Waals surface area contributed by atoms with Gasteiger partial charge in [-0.2, -0.15) is 0 Å². The van der Waals surface area contributed by atoms with E-state index >= 15 is 0 Å². The number of rotatable bonds is 6. The van der Waals surface area contributed by atoms with Crippen molar-refractivity contribution in [3.8, 4) is 0 Å². The second kappa shape index (κ2) is 7.90. The Balaban J connectivity index is 2.14. The molecule has 0 radical (unpaired) electrons. The molecule has 2 aromatic rings. The predicted molar refractivity (Wildman–Crippen MR) is 84.3 cm³/mol. The summed E-state index contributed by atoms with van der Waals surface area (Å²) < 4.78 is 4.99. The van der Waals surface area contributed by atoms with Crippen LogP contribution >= 0.6 is 0 Å². The fourth-order valence-electron chi connectivity index (χ4n) is 1.95. The van der Waals surface area contributed by atoms with E-state index in [1.165, 1.54) is 6.08 Å². The molecule has 2 aromatic carbocycles. The van der Waals surface area contributed by atoms with Gasteiger partial charge in [0.1, 0.15) is 0 Å². The molecule has 0 aromatic heterocycles. The number of ether oxygens (including phenoxy) is 1. The highest BCUT2D eigenvalue weighted by atomic mass is 16.5. The second-order valence-electron chi connectivity index (χ2n) is 4.52. The molecule has 3 nitrogen and oxygen atoms in total. The summed E-state index contributed by atoms with van der Waals surface area (Å²) in [5.41, 5.74) is 2.88. The van der Waals surface area contributed by atoms with Crippen molar-refractivity contribution >= 4 is 11.7 Å². The van der Waals surface area contributed by atoms with Crippen LogP contribution in [-0.4, -0.2) is 12.6 Å². The Kier molecular flexibility index (Phi) is 5.59. The first-order valence-corrected chi connectivity index (χ1v) is 7.01. The van der Waals surface area contributed by atoms with Crippen LogP contribution in [0.25, 0.3) is 5.70 Å². The maximum atomic E-state index is 11.7. The van der Waals surface area contributed by atoms with Gasteiger partial charge in [-0.15, -0.1) is 0 Å². The van der Waals surface area contributed by atoms with Crippen LogP contribution in [0.1, 0.15) is 18.1 Å². The van der Waals surface area contributed by atoms with Crippen molar-refractivity contribution in [2.24, 2.45) is 0 Å². The van der Waals surface area contributed by atoms with Gasteiger partial charge in [0.15, 0.2) is 0 Å². The van der Waals surface area contributed by atoms with Crippen LogP contribution in [0.3, 0.4) is 0 Å². The maximum absolute atomic E-state index is 11.7. The molecule has 3 heteroatoms. The van der Waals surface area contributed by atoms with Gasteiger partial charge in [-0.3, -0.25) is 0 Å². The lowest BCUT2D eigenvalue weighted by Crippen LogP contribution is -2.14. The summed E-state index contributed by atoms with van der Waals surface area (Å²) in [6.07, 6.45) is 1.50. The molecule has 0 aliphatic rings. The molecule has 108 valence electrons. The minimum Gasteiger partial charge on any atom is -0.463 e. The predicted octanol–water partition coefficient (Wildman–Crippen LogP) is 3.38. The summed E-state index contributed by atoms with van der Waals surface area (Å²) in [6, 6.07) is 19.8. The summed E-state index contributed by atoms with van der Waals surface area (Å²) >= 11 is 0. The first-order valence-electron chi connectivity index (χ1n) is 7.01. The third-order valence-electron chi connectivity index (χ3n) is 2.96. The number of benzene rings is 2. The Morgan fingerprint density at radius 3 is 2.29 bits per heavy atom. The lowest BCUT2D eigenvalue weighted by molar-refractivity contribution is -0.137. The van der Waals surface area contributed by atoms with Crippen molar-refractivity contribution in [2.45, 2.75) is 13.5 Å². The second-order valence-corrected chi connectivity index (χ2v) is 4.52. The Bertz CT molecular complexity index is 591. The molecule has 0 fully saturated rings. The van der Waals surface area contributed by atoms with E-state index in [9.17, 15) is 4.79 Å². The van der Waals surface area contributed by atoms with E-state index in [0.29, 0.717) is 13.2 Å². The van der Waals surface area contributed by atoms with E-state index in [-0.39, 0.29) is 5.97 Å². The van der Waals surface area contributed by atoms with Gasteiger partial charge in [-0.25, -0.2) is 4.79 Å². The molecule has 0 amide bonds. The largest absolute Gasteiger partial charge is 0.463 e. The zero-order valence-corrected chi connectivity index (χ0v) is 12.1. The zero-order valence-electron chi connectivity index (χ0n) is 12.1. The first-order chi connectivity index (χ1) is 10.3. The molecular formula is C18H19NO2. The molecule has 0 aliphatic carbocycles. The quantitative estimate of drug-likeness (QED) is 0.651. The Morgan fingerprint density at radius 1 is 1.05 bits per heavy atom. The average molecular weight is 281 g/mol. The van der Waals surface area contributed by atoms with Crippen LogP contribution in [0.2, 0.25) is 0 Å². The van der Waals surface area contributed by atoms with Gasteiger partial charge in [-0.1, -0.05) is 60.7 Å². The van der Waals surface area contributed by atoms with Crippen LogP contribution in [0.15, 0.2) is 66.7 Å². The molecule has 0 unspecified atom stereocenters. The van der Waals surface area contributed by atoms with E-state index < -0.39 is 0 Å². The van der Waals surface area contributed by atoms with E-state index in [0.717, 1.165) is 16.8 Å². The van der Waals surface area contributed by atoms with E-state index in [1.807, 2.05) is 60.7 Å². The van der Waals surface area contributed by atoms with Gasteiger partial charge < -0.3 is 10.1 Å². The van der Waals surface area contributed by atoms with Gasteiger partial charge in [0.2, 0.25) is 0 Å². The molecule has 0 atom stereocenters. The summed E-state index contributed by atoms with van der Waals surface area (Å²) in [4.78, 5) is 11.7. The van der Waals surface area contributed by atoms with E-state index in [1.54, 1.807) is 6.92 Å². The lowest BCUT2D eigenvalue weighted by atomic mass is 10.1. The maximum Gasteiger partial charge on any atom is 0.332 e. The highest BCUT2D eigenvalue weighted by Crippen LogP contribution is 2.12. The molecule has 2 rings (SSSR count). The SMILES string of the molecule is CCOC(=O)/C=C(\NCc1ccccc1)c1ccccc1. The fraction of sp³-hybridized carbons (Fsp3) is 0.167. The first kappa shape index (κ1) is 14.9. The van der Waals surface area contributed by atoms with Crippen molar-refractivity contribution in [2.75, 3.05) is 6.61 Å². The van der Waals surface area contributed by atoms with Gasteiger partial charge in [0, 0.05) is 18.3 Å². The van der Waals surface area contributed by atoms with Crippen LogP contribution < -0.4 is 5.32 Å². The summed E-state index contributed by atoms with van der Waals surface area (Å²) in [6.45, 7) is 2.82. The Hall–Kier alpha value is -2.55. The summed E-state index contributed by atoms with van der Waals surface area (Å²) in [5.74, 6) is -0.336. The molecule has 0 saturated carbocycles. The van der Waals surface area contributed by atoms with E-state index in [2.05, 4.69) is 5.32 Å². The zero-order chi connectivity index (χ0) is 14.9. The van der Waals surface area contributed by atoms with Crippen molar-refractivity contribution in [1.82, 2.24) is 5.32 Å². The van der Waals surface area contributed by atoms with Gasteiger partial charge in [0.25, 0.3) is 0 Å². The molecule has 0 heterocycles. The fourth-order valence-corrected chi connectivity index (χ4v) is 1.95. The standard InChI is InChI=1S/C18H19NO2/c1-2-21-18(20)13-17(16-11-7-4-8-12-16)19-14-15-9-5-3-6-10-15/h3-13,19H,2,14H2,1H3/b17-13-. The highest BCUT2D eigenvalue weighted by Gasteiger charge is 2.05. The van der Waals surface area contributed by atoms with Gasteiger partial charge in [-0.05, 0) is 18.1 Å². The molecule has 21 heavy (non-hydrogen) atoms. The third-order valence-corrected chi connectivity index (χ3v) is 2.96. The van der Waals surface area contributed by atoms with E-state index in [4.69, 9.17) is 4.74 Å². The van der Waals surface area contributed by atoms with Crippen LogP contribution in [0, 0.1) is 0 Å². The molecule has 0 aliphatic heterocycles. The number of nitrogens with one attached hydrogen (secondary N) is 1. The van der Waals surface area contributed by atoms with Crippen LogP contribution in [-0.2, 0) is 16.1 Å². The van der Waals surface area contributed by atoms with Crippen LogP contribution in [0.4, 0.5) is 0 Å². The number of carbonyl (C=O) groups is 1. The van der Waals surface area contributed by atoms with Crippen molar-refractivity contribution in [1.29, 1.82) is 0 Å². The highest BCUT2D eigenvalue weighted by molar-refractivity contribution is 5.90. The molecule has 0 saturated heterocycles. The molecular weight excluding hydrogens is 262 g/mol. The smallest absolute Gasteiger partial charge is 0.332 e. The Morgan fingerprint density at radius 2 is 1.67 bits per heavy atom. The summed E-state index contributed by atoms with van der Waals surface area (Å²) in [5, 5.41) is 3.30. The molecule has 1 N–H and O–H groups in total. The monoisotopic (exact) mass is 281 g/mol. The van der Waals surface area contributed by atoms with Crippen LogP contribution in [0.5, 0.6) is 0 Å². The lowest BCUT2D eigenvalue weighted by Gasteiger charge is -2.11. The molecule has 0 bridgehead atoms. The normalized spacial score (nSPS) is 11.0. The average Bonchev–Trinajstić information content (AvgIpc) is 2.53. The number of hydrogen-bond donors (Lipinski definition) is 1. The topological polar surface area (TPSA) is 38.3 Å². The Labute approximate surface area is 125 Å². The summed E-state index contributed by atoms with van der Waals surface area (Å²) in [7, 11) is 0. The number of esters is 1. The van der Waals surface area contributed by atoms with Gasteiger partial charge >= 0.3 is 5.97 Å². The van der Waals surface area contributed by atoms with Gasteiger partial charge in [0.05, 0.1) is 6.61 Å². The van der Waals surface area contributed by atoms with Crippen molar-refractivity contribution in [3.63, 3.8) is 0 Å². The number of carbonyl (C=O) groups excluding carboxylic acids is 1.